The molecule has 4 aromatic rings. The summed E-state index contributed by atoms with van der Waals surface area (Å²) in [6, 6.07) is 11.4. The van der Waals surface area contributed by atoms with E-state index in [1.807, 2.05) is 36.4 Å². The van der Waals surface area contributed by atoms with Crippen molar-refractivity contribution in [1.82, 2.24) is 20.2 Å². The number of aromatic amines is 1. The van der Waals surface area contributed by atoms with Crippen LogP contribution in [0, 0.1) is 0 Å². The number of carbonyl (C=O) groups excluding carboxylic acids is 1. The Morgan fingerprint density at radius 2 is 1.97 bits per heavy atom. The molecule has 0 spiro atoms. The van der Waals surface area contributed by atoms with Gasteiger partial charge in [-0.2, -0.15) is 5.10 Å². The Morgan fingerprint density at radius 3 is 2.69 bits per heavy atom. The van der Waals surface area contributed by atoms with Crippen molar-refractivity contribution in [2.75, 3.05) is 29.0 Å². The van der Waals surface area contributed by atoms with Crippen molar-refractivity contribution >= 4 is 34.0 Å². The third-order valence-corrected chi connectivity index (χ3v) is 5.06. The Morgan fingerprint density at radius 1 is 1.07 bits per heavy atom. The quantitative estimate of drug-likeness (QED) is 0.498. The average Bonchev–Trinajstić information content (AvgIpc) is 3.11. The maximum atomic E-state index is 12.8. The predicted octanol–water partition coefficient (Wildman–Crippen LogP) is 3.06. The molecule has 8 nitrogen and oxygen atoms in total. The molecule has 1 aliphatic heterocycles. The number of pyridine rings is 2. The van der Waals surface area contributed by atoms with Gasteiger partial charge in [0.2, 0.25) is 0 Å². The molecule has 1 saturated heterocycles. The van der Waals surface area contributed by atoms with Crippen molar-refractivity contribution in [2.24, 2.45) is 0 Å². The van der Waals surface area contributed by atoms with Crippen LogP contribution in [0.5, 0.6) is 0 Å². The Balaban J connectivity index is 1.41. The van der Waals surface area contributed by atoms with Crippen LogP contribution in [0.25, 0.3) is 22.0 Å². The van der Waals surface area contributed by atoms with Crippen LogP contribution in [0.1, 0.15) is 16.9 Å². The van der Waals surface area contributed by atoms with E-state index in [0.29, 0.717) is 17.1 Å². The minimum atomic E-state index is -0.294. The molecule has 0 atom stereocenters. The average molecular weight is 385 g/mol. The van der Waals surface area contributed by atoms with E-state index in [-0.39, 0.29) is 5.91 Å². The first kappa shape index (κ1) is 17.2. The fourth-order valence-electron chi connectivity index (χ4n) is 3.36. The van der Waals surface area contributed by atoms with Crippen LogP contribution in [0.15, 0.2) is 55.0 Å². The molecule has 1 aliphatic rings. The van der Waals surface area contributed by atoms with Gasteiger partial charge in [-0.3, -0.25) is 14.9 Å². The molecule has 0 saturated carbocycles. The van der Waals surface area contributed by atoms with Gasteiger partial charge in [0, 0.05) is 36.4 Å². The molecule has 0 radical (unpaired) electrons. The largest absolute Gasteiger partial charge is 0.397 e. The molecule has 5 rings (SSSR count). The summed E-state index contributed by atoms with van der Waals surface area (Å²) in [6.07, 6.45) is 6.20. The molecule has 1 amide bonds. The monoisotopic (exact) mass is 385 g/mol. The number of aromatic nitrogens is 4. The number of hydrogen-bond donors (Lipinski definition) is 3. The first-order valence-electron chi connectivity index (χ1n) is 9.39. The maximum absolute atomic E-state index is 12.8. The van der Waals surface area contributed by atoms with E-state index in [1.54, 1.807) is 18.6 Å². The van der Waals surface area contributed by atoms with Crippen LogP contribution in [-0.2, 0) is 0 Å². The van der Waals surface area contributed by atoms with Crippen molar-refractivity contribution < 1.29 is 4.79 Å². The van der Waals surface area contributed by atoms with Crippen LogP contribution < -0.4 is 16.0 Å². The zero-order valence-electron chi connectivity index (χ0n) is 15.6. The second-order valence-corrected chi connectivity index (χ2v) is 7.04. The van der Waals surface area contributed by atoms with E-state index in [0.717, 1.165) is 40.9 Å². The summed E-state index contributed by atoms with van der Waals surface area (Å²) in [6.45, 7) is 2.06. The van der Waals surface area contributed by atoms with Crippen LogP contribution in [-0.4, -0.2) is 39.2 Å². The fraction of sp³-hybridized carbons (Fsp3) is 0.143. The van der Waals surface area contributed by atoms with Gasteiger partial charge < -0.3 is 16.0 Å². The summed E-state index contributed by atoms with van der Waals surface area (Å²) in [4.78, 5) is 23.6. The lowest BCUT2D eigenvalue weighted by atomic mass is 10.0. The lowest BCUT2D eigenvalue weighted by Gasteiger charge is -2.31. The minimum absolute atomic E-state index is 0.294. The number of fused-ring (bicyclic) bond motifs is 1. The first-order chi connectivity index (χ1) is 14.2. The molecule has 4 N–H and O–H groups in total. The Kier molecular flexibility index (Phi) is 4.09. The Bertz CT molecular complexity index is 1200. The SMILES string of the molecule is Nc1cncc(-c2ccc3[nH]nc(C(=O)Nc4ccc(N5CCC5)nc4)c3c2)c1. The zero-order chi connectivity index (χ0) is 19.8. The summed E-state index contributed by atoms with van der Waals surface area (Å²) in [5.41, 5.74) is 9.95. The molecule has 1 fully saturated rings. The number of nitrogens with one attached hydrogen (secondary N) is 2. The van der Waals surface area contributed by atoms with Crippen molar-refractivity contribution in [1.29, 1.82) is 0 Å². The second kappa shape index (κ2) is 6.90. The lowest BCUT2D eigenvalue weighted by Crippen LogP contribution is -2.37. The highest BCUT2D eigenvalue weighted by Crippen LogP contribution is 2.26. The lowest BCUT2D eigenvalue weighted by molar-refractivity contribution is 0.102. The van der Waals surface area contributed by atoms with Crippen LogP contribution in [0.4, 0.5) is 17.2 Å². The van der Waals surface area contributed by atoms with Gasteiger partial charge in [-0.15, -0.1) is 0 Å². The van der Waals surface area contributed by atoms with E-state index in [9.17, 15) is 4.79 Å². The van der Waals surface area contributed by atoms with Gasteiger partial charge in [0.15, 0.2) is 5.69 Å². The standard InChI is InChI=1S/C21H19N7O/c22-15-8-14(10-23-11-15)13-2-4-18-17(9-13)20(27-26-18)21(29)25-16-3-5-19(24-12-16)28-6-1-7-28/h2-5,8-12H,1,6-7,22H2,(H,25,29)(H,26,27). The fourth-order valence-corrected chi connectivity index (χ4v) is 3.36. The van der Waals surface area contributed by atoms with E-state index < -0.39 is 0 Å². The zero-order valence-corrected chi connectivity index (χ0v) is 15.6. The number of hydrogen-bond acceptors (Lipinski definition) is 6. The molecule has 0 bridgehead atoms. The molecule has 1 aromatic carbocycles. The Hall–Kier alpha value is -3.94. The minimum Gasteiger partial charge on any atom is -0.397 e. The summed E-state index contributed by atoms with van der Waals surface area (Å²) >= 11 is 0. The molecular weight excluding hydrogens is 366 g/mol. The van der Waals surface area contributed by atoms with Gasteiger partial charge in [0.25, 0.3) is 5.91 Å². The smallest absolute Gasteiger partial charge is 0.276 e. The van der Waals surface area contributed by atoms with Crippen molar-refractivity contribution in [2.45, 2.75) is 6.42 Å². The van der Waals surface area contributed by atoms with Gasteiger partial charge in [-0.25, -0.2) is 4.98 Å². The van der Waals surface area contributed by atoms with E-state index in [2.05, 4.69) is 30.4 Å². The normalized spacial score (nSPS) is 13.3. The maximum Gasteiger partial charge on any atom is 0.276 e. The van der Waals surface area contributed by atoms with E-state index >= 15 is 0 Å². The van der Waals surface area contributed by atoms with Crippen LogP contribution >= 0.6 is 0 Å². The van der Waals surface area contributed by atoms with Crippen molar-refractivity contribution in [3.05, 3.63) is 60.7 Å². The molecule has 144 valence electrons. The van der Waals surface area contributed by atoms with Crippen LogP contribution in [0.2, 0.25) is 0 Å². The van der Waals surface area contributed by atoms with Gasteiger partial charge >= 0.3 is 0 Å². The molecule has 0 unspecified atom stereocenters. The second-order valence-electron chi connectivity index (χ2n) is 7.04. The van der Waals surface area contributed by atoms with E-state index in [4.69, 9.17) is 5.73 Å². The molecule has 0 aliphatic carbocycles. The number of anilines is 3. The number of amides is 1. The number of carbonyl (C=O) groups is 1. The molecule has 3 aromatic heterocycles. The predicted molar refractivity (Wildman–Crippen MR) is 113 cm³/mol. The third-order valence-electron chi connectivity index (χ3n) is 5.06. The first-order valence-corrected chi connectivity index (χ1v) is 9.39. The molecule has 8 heteroatoms. The van der Waals surface area contributed by atoms with E-state index in [1.165, 1.54) is 6.42 Å². The third kappa shape index (κ3) is 3.25. The number of nitrogens with zero attached hydrogens (tertiary/aromatic N) is 4. The molecular formula is C21H19N7O. The molecule has 4 heterocycles. The molecule has 29 heavy (non-hydrogen) atoms. The number of rotatable bonds is 4. The highest BCUT2D eigenvalue weighted by Gasteiger charge is 2.17. The number of H-pyrrole nitrogens is 1. The highest BCUT2D eigenvalue weighted by atomic mass is 16.1. The van der Waals surface area contributed by atoms with Gasteiger partial charge in [-0.1, -0.05) is 6.07 Å². The summed E-state index contributed by atoms with van der Waals surface area (Å²) in [5.74, 6) is 0.637. The summed E-state index contributed by atoms with van der Waals surface area (Å²) < 4.78 is 0. The Labute approximate surface area is 166 Å². The number of nitrogen functional groups attached to an aromatic ring is 1. The van der Waals surface area contributed by atoms with Gasteiger partial charge in [0.1, 0.15) is 5.82 Å². The number of nitrogens with two attached hydrogens (primary N) is 1. The topological polar surface area (TPSA) is 113 Å². The van der Waals surface area contributed by atoms with Crippen molar-refractivity contribution in [3.8, 4) is 11.1 Å². The van der Waals surface area contributed by atoms with Gasteiger partial charge in [-0.05, 0) is 42.3 Å². The summed E-state index contributed by atoms with van der Waals surface area (Å²) in [7, 11) is 0. The number of benzene rings is 1. The van der Waals surface area contributed by atoms with Crippen molar-refractivity contribution in [3.63, 3.8) is 0 Å². The van der Waals surface area contributed by atoms with Crippen LogP contribution in [0.3, 0.4) is 0 Å². The van der Waals surface area contributed by atoms with Gasteiger partial charge in [0.05, 0.1) is 23.1 Å². The highest BCUT2D eigenvalue weighted by molar-refractivity contribution is 6.11. The summed E-state index contributed by atoms with van der Waals surface area (Å²) in [5, 5.41) is 10.7.